The van der Waals surface area contributed by atoms with Crippen LogP contribution in [0, 0.1) is 22.7 Å². The molecule has 3 heterocycles. The summed E-state index contributed by atoms with van der Waals surface area (Å²) in [5.41, 5.74) is 11.5. The number of aromatic nitrogens is 4. The Labute approximate surface area is 344 Å². The van der Waals surface area contributed by atoms with Gasteiger partial charge >= 0.3 is 0 Å². The zero-order valence-corrected chi connectivity index (χ0v) is 31.9. The van der Waals surface area contributed by atoms with Gasteiger partial charge in [0.15, 0.2) is 17.5 Å². The van der Waals surface area contributed by atoms with Crippen LogP contribution in [-0.2, 0) is 0 Å². The van der Waals surface area contributed by atoms with Crippen LogP contribution in [0.15, 0.2) is 186 Å². The first-order valence-corrected chi connectivity index (χ1v) is 19.6. The number of para-hydroxylation sites is 2. The number of hydrogen-bond acceptors (Lipinski definition) is 6. The average molecular weight is 767 g/mol. The molecule has 8 aromatic carbocycles. The average Bonchev–Trinajstić information content (AvgIpc) is 3.87. The number of fused-ring (bicyclic) bond motifs is 6. The summed E-state index contributed by atoms with van der Waals surface area (Å²) in [4.78, 5) is 15.5. The molecule has 7 heteroatoms. The lowest BCUT2D eigenvalue weighted by molar-refractivity contribution is 0.669. The van der Waals surface area contributed by atoms with Gasteiger partial charge in [0.2, 0.25) is 0 Å². The molecule has 0 atom stereocenters. The Morgan fingerprint density at radius 2 is 1.05 bits per heavy atom. The zero-order chi connectivity index (χ0) is 40.2. The number of nitriles is 2. The summed E-state index contributed by atoms with van der Waals surface area (Å²) in [7, 11) is 0. The number of hydrogen-bond donors (Lipinski definition) is 0. The first-order chi connectivity index (χ1) is 29.6. The lowest BCUT2D eigenvalue weighted by Gasteiger charge is -2.17. The van der Waals surface area contributed by atoms with E-state index in [1.165, 1.54) is 0 Å². The van der Waals surface area contributed by atoms with Crippen molar-refractivity contribution in [3.05, 3.63) is 193 Å². The van der Waals surface area contributed by atoms with Gasteiger partial charge in [-0.25, -0.2) is 15.0 Å². The largest absolute Gasteiger partial charge is 0.456 e. The van der Waals surface area contributed by atoms with Crippen molar-refractivity contribution in [2.24, 2.45) is 0 Å². The van der Waals surface area contributed by atoms with Gasteiger partial charge in [0.05, 0.1) is 40.0 Å². The molecule has 0 amide bonds. The molecule has 0 saturated heterocycles. The monoisotopic (exact) mass is 766 g/mol. The van der Waals surface area contributed by atoms with Gasteiger partial charge in [-0.15, -0.1) is 0 Å². The Morgan fingerprint density at radius 1 is 0.417 bits per heavy atom. The molecule has 0 fully saturated rings. The molecule has 0 N–H and O–H groups in total. The lowest BCUT2D eigenvalue weighted by atomic mass is 9.96. The van der Waals surface area contributed by atoms with Crippen molar-refractivity contribution in [2.45, 2.75) is 0 Å². The van der Waals surface area contributed by atoms with Crippen LogP contribution >= 0.6 is 0 Å². The third-order valence-corrected chi connectivity index (χ3v) is 11.1. The molecule has 0 bridgehead atoms. The Morgan fingerprint density at radius 3 is 1.80 bits per heavy atom. The van der Waals surface area contributed by atoms with E-state index in [-0.39, 0.29) is 0 Å². The number of rotatable bonds is 6. The fourth-order valence-corrected chi connectivity index (χ4v) is 8.38. The molecule has 0 aliphatic rings. The predicted molar refractivity (Wildman–Crippen MR) is 238 cm³/mol. The van der Waals surface area contributed by atoms with Gasteiger partial charge in [0.1, 0.15) is 11.2 Å². The molecule has 11 rings (SSSR count). The molecular weight excluding hydrogens is 737 g/mol. The quantitative estimate of drug-likeness (QED) is 0.167. The van der Waals surface area contributed by atoms with Gasteiger partial charge in [0.25, 0.3) is 0 Å². The van der Waals surface area contributed by atoms with E-state index in [0.717, 1.165) is 88.4 Å². The maximum Gasteiger partial charge on any atom is 0.166 e. The van der Waals surface area contributed by atoms with E-state index in [1.807, 2.05) is 103 Å². The van der Waals surface area contributed by atoms with E-state index in [0.29, 0.717) is 28.6 Å². The summed E-state index contributed by atoms with van der Waals surface area (Å²) >= 11 is 0. The van der Waals surface area contributed by atoms with Crippen molar-refractivity contribution >= 4 is 43.7 Å². The molecule has 60 heavy (non-hydrogen) atoms. The highest BCUT2D eigenvalue weighted by Crippen LogP contribution is 2.42. The fraction of sp³-hybridized carbons (Fsp3) is 0. The summed E-state index contributed by atoms with van der Waals surface area (Å²) in [6.45, 7) is 0. The summed E-state index contributed by atoms with van der Waals surface area (Å²) in [5.74, 6) is 1.64. The fourth-order valence-electron chi connectivity index (χ4n) is 8.38. The second kappa shape index (κ2) is 14.1. The van der Waals surface area contributed by atoms with Crippen LogP contribution in [0.5, 0.6) is 0 Å². The lowest BCUT2D eigenvalue weighted by Crippen LogP contribution is -2.04. The third-order valence-electron chi connectivity index (χ3n) is 11.1. The summed E-state index contributed by atoms with van der Waals surface area (Å²) in [5, 5.41) is 24.0. The van der Waals surface area contributed by atoms with Crippen LogP contribution in [0.4, 0.5) is 0 Å². The summed E-state index contributed by atoms with van der Waals surface area (Å²) < 4.78 is 8.61. The highest BCUT2D eigenvalue weighted by atomic mass is 16.3. The molecule has 0 saturated carbocycles. The minimum Gasteiger partial charge on any atom is -0.456 e. The first kappa shape index (κ1) is 34.6. The molecule has 11 aromatic rings. The minimum absolute atomic E-state index is 0.439. The third kappa shape index (κ3) is 5.69. The second-order valence-electron chi connectivity index (χ2n) is 14.6. The van der Waals surface area contributed by atoms with E-state index in [2.05, 4.69) is 83.4 Å². The molecule has 0 spiro atoms. The predicted octanol–water partition coefficient (Wildman–Crippen LogP) is 12.9. The molecule has 278 valence electrons. The van der Waals surface area contributed by atoms with Gasteiger partial charge in [-0.1, -0.05) is 133 Å². The van der Waals surface area contributed by atoms with Crippen molar-refractivity contribution in [1.82, 2.24) is 19.5 Å². The molecule has 0 aliphatic carbocycles. The van der Waals surface area contributed by atoms with Gasteiger partial charge < -0.3 is 8.98 Å². The zero-order valence-electron chi connectivity index (χ0n) is 31.9. The van der Waals surface area contributed by atoms with Crippen LogP contribution in [0.1, 0.15) is 11.1 Å². The van der Waals surface area contributed by atoms with Gasteiger partial charge in [-0.2, -0.15) is 10.5 Å². The van der Waals surface area contributed by atoms with Gasteiger partial charge in [0, 0.05) is 38.2 Å². The Kier molecular flexibility index (Phi) is 8.11. The van der Waals surface area contributed by atoms with Gasteiger partial charge in [-0.3, -0.25) is 0 Å². The van der Waals surface area contributed by atoms with Crippen LogP contribution in [-0.4, -0.2) is 19.5 Å². The van der Waals surface area contributed by atoms with E-state index in [4.69, 9.17) is 19.4 Å². The van der Waals surface area contributed by atoms with Crippen LogP contribution in [0.2, 0.25) is 0 Å². The minimum atomic E-state index is 0.439. The normalized spacial score (nSPS) is 11.3. The summed E-state index contributed by atoms with van der Waals surface area (Å²) in [6.07, 6.45) is 0. The topological polar surface area (TPSA) is 104 Å². The van der Waals surface area contributed by atoms with Crippen molar-refractivity contribution in [3.8, 4) is 74.2 Å². The molecule has 0 radical (unpaired) electrons. The van der Waals surface area contributed by atoms with E-state index < -0.39 is 0 Å². The highest BCUT2D eigenvalue weighted by molar-refractivity contribution is 6.13. The second-order valence-corrected chi connectivity index (χ2v) is 14.6. The van der Waals surface area contributed by atoms with E-state index in [9.17, 15) is 10.5 Å². The van der Waals surface area contributed by atoms with Crippen LogP contribution in [0.25, 0.3) is 106 Å². The Balaban J connectivity index is 1.23. The standard InChI is InChI=1S/C53H30N6O/c54-31-33-22-25-39(38(28-33)32-55)37-23-26-42-41-16-7-9-19-45(41)59(47(42)30-37)46-27-24-36(40-18-11-21-49-50(40)43-17-8-10-20-48(43)60-49)29-44(46)53-57-51(34-12-3-1-4-13-34)56-52(58-53)35-14-5-2-6-15-35/h1-30H. The van der Waals surface area contributed by atoms with Gasteiger partial charge in [-0.05, 0) is 70.8 Å². The first-order valence-electron chi connectivity index (χ1n) is 19.6. The maximum atomic E-state index is 10.2. The maximum absolute atomic E-state index is 10.2. The van der Waals surface area contributed by atoms with Crippen molar-refractivity contribution in [3.63, 3.8) is 0 Å². The van der Waals surface area contributed by atoms with E-state index in [1.54, 1.807) is 12.1 Å². The SMILES string of the molecule is N#Cc1ccc(-c2ccc3c4ccccc4n(-c4ccc(-c5cccc6oc7ccccc7c56)cc4-c4nc(-c5ccccc5)nc(-c5ccccc5)n4)c3c2)c(C#N)c1. The number of furan rings is 1. The molecular formula is C53H30N6O. The molecule has 3 aromatic heterocycles. The summed E-state index contributed by atoms with van der Waals surface area (Å²) in [6, 6.07) is 65.2. The number of benzene rings is 8. The molecule has 0 aliphatic heterocycles. The molecule has 7 nitrogen and oxygen atoms in total. The molecule has 0 unspecified atom stereocenters. The Bertz CT molecular complexity index is 3520. The van der Waals surface area contributed by atoms with Crippen molar-refractivity contribution in [1.29, 1.82) is 10.5 Å². The highest BCUT2D eigenvalue weighted by Gasteiger charge is 2.22. The van der Waals surface area contributed by atoms with Crippen LogP contribution < -0.4 is 0 Å². The van der Waals surface area contributed by atoms with Crippen molar-refractivity contribution in [2.75, 3.05) is 0 Å². The number of nitrogens with zero attached hydrogens (tertiary/aromatic N) is 6. The Hall–Kier alpha value is -8.65. The van der Waals surface area contributed by atoms with Crippen LogP contribution in [0.3, 0.4) is 0 Å². The van der Waals surface area contributed by atoms with Crippen molar-refractivity contribution < 1.29 is 4.42 Å². The smallest absolute Gasteiger partial charge is 0.166 e. The van der Waals surface area contributed by atoms with E-state index >= 15 is 0 Å².